The van der Waals surface area contributed by atoms with Crippen LogP contribution in [0.4, 0.5) is 4.39 Å². The standard InChI is InChI=1S/C4HCl2FS/c5-2-1-3(7)8-4(2)6/h1H. The summed E-state index contributed by atoms with van der Waals surface area (Å²) in [5.41, 5.74) is 0. The lowest BCUT2D eigenvalue weighted by atomic mass is 10.7. The summed E-state index contributed by atoms with van der Waals surface area (Å²) in [5.74, 6) is 0. The fourth-order valence-corrected chi connectivity index (χ4v) is 1.38. The first-order valence-electron chi connectivity index (χ1n) is 1.80. The molecule has 0 amide bonds. The summed E-state index contributed by atoms with van der Waals surface area (Å²) < 4.78 is 12.3. The lowest BCUT2D eigenvalue weighted by Gasteiger charge is -1.73. The minimum absolute atomic E-state index is 0.286. The molecular weight excluding hydrogens is 170 g/mol. The molecule has 4 heteroatoms. The van der Waals surface area contributed by atoms with Gasteiger partial charge in [-0.25, -0.2) is 0 Å². The molecule has 0 unspecified atom stereocenters. The van der Waals surface area contributed by atoms with Gasteiger partial charge in [0.05, 0.1) is 5.02 Å². The highest BCUT2D eigenvalue weighted by Crippen LogP contribution is 2.29. The molecule has 0 atom stereocenters. The Morgan fingerprint density at radius 1 is 1.50 bits per heavy atom. The van der Waals surface area contributed by atoms with Gasteiger partial charge in [0.15, 0.2) is 5.13 Å². The van der Waals surface area contributed by atoms with Crippen molar-refractivity contribution in [2.24, 2.45) is 0 Å². The van der Waals surface area contributed by atoms with E-state index in [1.165, 1.54) is 6.07 Å². The first-order chi connectivity index (χ1) is 3.70. The van der Waals surface area contributed by atoms with Gasteiger partial charge in [0.25, 0.3) is 0 Å². The molecule has 0 radical (unpaired) electrons. The maximum Gasteiger partial charge on any atom is 0.179 e. The Morgan fingerprint density at radius 3 is 2.25 bits per heavy atom. The van der Waals surface area contributed by atoms with Crippen LogP contribution >= 0.6 is 34.5 Å². The summed E-state index contributed by atoms with van der Waals surface area (Å²) in [4.78, 5) is 0. The van der Waals surface area contributed by atoms with Crippen molar-refractivity contribution in [1.82, 2.24) is 0 Å². The third kappa shape index (κ3) is 1.13. The molecule has 44 valence electrons. The van der Waals surface area contributed by atoms with Gasteiger partial charge in [-0.1, -0.05) is 34.5 Å². The van der Waals surface area contributed by atoms with Crippen LogP contribution in [-0.4, -0.2) is 0 Å². The highest BCUT2D eigenvalue weighted by molar-refractivity contribution is 7.15. The van der Waals surface area contributed by atoms with Crippen LogP contribution in [0.1, 0.15) is 0 Å². The van der Waals surface area contributed by atoms with E-state index in [2.05, 4.69) is 0 Å². The van der Waals surface area contributed by atoms with Crippen molar-refractivity contribution in [3.05, 3.63) is 20.6 Å². The molecule has 0 aliphatic heterocycles. The molecule has 1 aromatic heterocycles. The number of thiophene rings is 1. The van der Waals surface area contributed by atoms with Crippen LogP contribution in [0.2, 0.25) is 9.36 Å². The van der Waals surface area contributed by atoms with Crippen LogP contribution < -0.4 is 0 Å². The quantitative estimate of drug-likeness (QED) is 0.562. The second-order valence-corrected chi connectivity index (χ2v) is 3.18. The summed E-state index contributed by atoms with van der Waals surface area (Å²) in [6.07, 6.45) is 0. The Hall–Kier alpha value is 0.210. The highest BCUT2D eigenvalue weighted by Gasteiger charge is 2.01. The van der Waals surface area contributed by atoms with Crippen molar-refractivity contribution < 1.29 is 4.39 Å². The van der Waals surface area contributed by atoms with Crippen LogP contribution in [0, 0.1) is 5.13 Å². The van der Waals surface area contributed by atoms with E-state index in [9.17, 15) is 4.39 Å². The Balaban J connectivity index is 3.14. The zero-order chi connectivity index (χ0) is 6.15. The molecule has 1 rings (SSSR count). The van der Waals surface area contributed by atoms with Gasteiger partial charge in [-0.2, -0.15) is 4.39 Å². The van der Waals surface area contributed by atoms with E-state index in [1.54, 1.807) is 0 Å². The monoisotopic (exact) mass is 170 g/mol. The molecule has 0 aromatic carbocycles. The Morgan fingerprint density at radius 2 is 2.12 bits per heavy atom. The lowest BCUT2D eigenvalue weighted by molar-refractivity contribution is 0.657. The Bertz CT molecular complexity index is 176. The molecule has 0 N–H and O–H groups in total. The molecule has 1 heterocycles. The molecule has 0 aliphatic rings. The highest BCUT2D eigenvalue weighted by atomic mass is 35.5. The van der Waals surface area contributed by atoms with E-state index in [1.807, 2.05) is 0 Å². The molecule has 0 fully saturated rings. The maximum absolute atomic E-state index is 12.0. The van der Waals surface area contributed by atoms with E-state index >= 15 is 0 Å². The second-order valence-electron chi connectivity index (χ2n) is 1.17. The number of rotatable bonds is 0. The van der Waals surface area contributed by atoms with Crippen molar-refractivity contribution in [2.45, 2.75) is 0 Å². The fourth-order valence-electron chi connectivity index (χ4n) is 0.320. The minimum Gasteiger partial charge on any atom is -0.195 e. The van der Waals surface area contributed by atoms with Gasteiger partial charge < -0.3 is 0 Å². The van der Waals surface area contributed by atoms with Gasteiger partial charge in [0.2, 0.25) is 0 Å². The van der Waals surface area contributed by atoms with Crippen molar-refractivity contribution in [3.63, 3.8) is 0 Å². The van der Waals surface area contributed by atoms with Crippen molar-refractivity contribution in [3.8, 4) is 0 Å². The Kier molecular flexibility index (Phi) is 1.75. The summed E-state index contributed by atoms with van der Waals surface area (Å²) in [5, 5.41) is -0.0610. The number of halogens is 3. The van der Waals surface area contributed by atoms with Gasteiger partial charge in [-0.3, -0.25) is 0 Å². The second kappa shape index (κ2) is 2.21. The van der Waals surface area contributed by atoms with Crippen LogP contribution in [0.15, 0.2) is 6.07 Å². The molecule has 0 bridgehead atoms. The predicted molar refractivity (Wildman–Crippen MR) is 34.3 cm³/mol. The normalized spacial score (nSPS) is 9.88. The smallest absolute Gasteiger partial charge is 0.179 e. The fraction of sp³-hybridized carbons (Fsp3) is 0. The van der Waals surface area contributed by atoms with Crippen LogP contribution in [-0.2, 0) is 0 Å². The average molecular weight is 171 g/mol. The van der Waals surface area contributed by atoms with Gasteiger partial charge in [0, 0.05) is 6.07 Å². The van der Waals surface area contributed by atoms with Gasteiger partial charge in [-0.15, -0.1) is 0 Å². The van der Waals surface area contributed by atoms with Crippen LogP contribution in [0.3, 0.4) is 0 Å². The molecule has 0 nitrogen and oxygen atoms in total. The van der Waals surface area contributed by atoms with Gasteiger partial charge in [-0.05, 0) is 0 Å². The molecule has 0 aliphatic carbocycles. The molecule has 8 heavy (non-hydrogen) atoms. The van der Waals surface area contributed by atoms with E-state index in [0.29, 0.717) is 4.34 Å². The molecule has 1 aromatic rings. The maximum atomic E-state index is 12.0. The summed E-state index contributed by atoms with van der Waals surface area (Å²) in [6, 6.07) is 1.19. The summed E-state index contributed by atoms with van der Waals surface area (Å²) in [7, 11) is 0. The SMILES string of the molecule is Fc1cc(Cl)c(Cl)s1. The first-order valence-corrected chi connectivity index (χ1v) is 3.37. The number of hydrogen-bond acceptors (Lipinski definition) is 1. The summed E-state index contributed by atoms with van der Waals surface area (Å²) >= 11 is 11.6. The van der Waals surface area contributed by atoms with E-state index in [4.69, 9.17) is 23.2 Å². The Labute approximate surface area is 59.8 Å². The van der Waals surface area contributed by atoms with Crippen molar-refractivity contribution >= 4 is 34.5 Å². The van der Waals surface area contributed by atoms with Crippen molar-refractivity contribution in [2.75, 3.05) is 0 Å². The molecular formula is C4HCl2FS. The lowest BCUT2D eigenvalue weighted by Crippen LogP contribution is -1.48. The molecule has 0 spiro atoms. The topological polar surface area (TPSA) is 0 Å². The molecule has 0 saturated carbocycles. The summed E-state index contributed by atoms with van der Waals surface area (Å²) in [6.45, 7) is 0. The van der Waals surface area contributed by atoms with E-state index in [0.717, 1.165) is 11.3 Å². The molecule has 0 saturated heterocycles. The first kappa shape index (κ1) is 6.33. The predicted octanol–water partition coefficient (Wildman–Crippen LogP) is 3.19. The van der Waals surface area contributed by atoms with Crippen molar-refractivity contribution in [1.29, 1.82) is 0 Å². The minimum atomic E-state index is -0.347. The third-order valence-corrected chi connectivity index (χ3v) is 2.27. The van der Waals surface area contributed by atoms with Crippen LogP contribution in [0.5, 0.6) is 0 Å². The van der Waals surface area contributed by atoms with Gasteiger partial charge >= 0.3 is 0 Å². The number of hydrogen-bond donors (Lipinski definition) is 0. The van der Waals surface area contributed by atoms with Crippen LogP contribution in [0.25, 0.3) is 0 Å². The average Bonchev–Trinajstić information content (AvgIpc) is 1.85. The third-order valence-electron chi connectivity index (χ3n) is 0.615. The largest absolute Gasteiger partial charge is 0.195 e. The van der Waals surface area contributed by atoms with E-state index in [-0.39, 0.29) is 10.2 Å². The zero-order valence-electron chi connectivity index (χ0n) is 3.62. The zero-order valence-corrected chi connectivity index (χ0v) is 5.95. The van der Waals surface area contributed by atoms with E-state index < -0.39 is 0 Å². The van der Waals surface area contributed by atoms with Gasteiger partial charge in [0.1, 0.15) is 4.34 Å².